The van der Waals surface area contributed by atoms with E-state index in [0.717, 1.165) is 21.7 Å². The van der Waals surface area contributed by atoms with Crippen molar-refractivity contribution >= 4 is 58.2 Å². The van der Waals surface area contributed by atoms with Gasteiger partial charge in [0.15, 0.2) is 0 Å². The van der Waals surface area contributed by atoms with E-state index >= 15 is 0 Å². The van der Waals surface area contributed by atoms with E-state index in [0.29, 0.717) is 20.6 Å². The Morgan fingerprint density at radius 1 is 0.806 bits per heavy atom. The van der Waals surface area contributed by atoms with Crippen molar-refractivity contribution in [3.8, 4) is 0 Å². The number of aryl methyl sites for hydroxylation is 2. The van der Waals surface area contributed by atoms with E-state index in [4.69, 9.17) is 23.2 Å². The number of amides is 2. The van der Waals surface area contributed by atoms with Gasteiger partial charge in [-0.2, -0.15) is 0 Å². The molecule has 7 heteroatoms. The molecule has 0 atom stereocenters. The van der Waals surface area contributed by atoms with E-state index in [2.05, 4.69) is 5.32 Å². The maximum absolute atomic E-state index is 13.4. The monoisotopic (exact) mass is 468 g/mol. The molecule has 3 aromatic rings. The summed E-state index contributed by atoms with van der Waals surface area (Å²) in [6, 6.07) is 19.9. The van der Waals surface area contributed by atoms with Crippen LogP contribution >= 0.6 is 35.0 Å². The van der Waals surface area contributed by atoms with E-state index < -0.39 is 5.91 Å². The average Bonchev–Trinajstić information content (AvgIpc) is 2.96. The first-order chi connectivity index (χ1) is 14.8. The lowest BCUT2D eigenvalue weighted by Crippen LogP contribution is -2.32. The van der Waals surface area contributed by atoms with Gasteiger partial charge in [-0.15, -0.1) is 0 Å². The molecule has 0 bridgehead atoms. The second kappa shape index (κ2) is 8.79. The Hall–Kier alpha value is -2.73. The number of thioether (sulfide) groups is 1. The van der Waals surface area contributed by atoms with Gasteiger partial charge in [-0.3, -0.25) is 9.59 Å². The first kappa shape index (κ1) is 21.5. The molecule has 3 aromatic carbocycles. The molecule has 0 aromatic heterocycles. The third kappa shape index (κ3) is 4.49. The maximum atomic E-state index is 13.4. The number of hydrogen-bond donors (Lipinski definition) is 1. The Balaban J connectivity index is 1.76. The molecule has 1 aliphatic heterocycles. The number of benzene rings is 3. The molecule has 0 saturated carbocycles. The summed E-state index contributed by atoms with van der Waals surface area (Å²) in [7, 11) is 0. The van der Waals surface area contributed by atoms with Gasteiger partial charge in [0.1, 0.15) is 10.6 Å². The molecule has 0 fully saturated rings. The van der Waals surface area contributed by atoms with Crippen molar-refractivity contribution < 1.29 is 9.59 Å². The van der Waals surface area contributed by atoms with Crippen molar-refractivity contribution in [1.82, 2.24) is 0 Å². The highest BCUT2D eigenvalue weighted by molar-refractivity contribution is 8.04. The van der Waals surface area contributed by atoms with Crippen LogP contribution in [0.25, 0.3) is 0 Å². The second-order valence-corrected chi connectivity index (χ2v) is 9.08. The summed E-state index contributed by atoms with van der Waals surface area (Å²) in [5, 5.41) is 4.30. The van der Waals surface area contributed by atoms with Crippen LogP contribution in [-0.4, -0.2) is 11.8 Å². The Kier molecular flexibility index (Phi) is 6.10. The number of carbonyl (C=O) groups excluding carboxylic acids is 2. The fourth-order valence-electron chi connectivity index (χ4n) is 3.20. The summed E-state index contributed by atoms with van der Waals surface area (Å²) in [4.78, 5) is 29.1. The van der Waals surface area contributed by atoms with Crippen molar-refractivity contribution in [3.05, 3.63) is 98.5 Å². The van der Waals surface area contributed by atoms with Crippen LogP contribution < -0.4 is 10.2 Å². The van der Waals surface area contributed by atoms with Crippen LogP contribution in [0.2, 0.25) is 10.0 Å². The second-order valence-electron chi connectivity index (χ2n) is 7.13. The van der Waals surface area contributed by atoms with Gasteiger partial charge in [-0.05, 0) is 74.0 Å². The molecule has 156 valence electrons. The Bertz CT molecular complexity index is 1140. The van der Waals surface area contributed by atoms with Gasteiger partial charge in [-0.1, -0.05) is 52.7 Å². The van der Waals surface area contributed by atoms with Crippen LogP contribution in [0.1, 0.15) is 11.1 Å². The SMILES string of the molecule is Cc1ccc(NC2=C(Sc3ccc(Cl)cc3)C(=O)N(c3ccc(Cl)cc3C)C2=O)cc1. The lowest BCUT2D eigenvalue weighted by atomic mass is 10.2. The number of hydrogen-bond acceptors (Lipinski definition) is 4. The molecule has 1 heterocycles. The molecule has 1 N–H and O–H groups in total. The molecule has 31 heavy (non-hydrogen) atoms. The molecule has 0 saturated heterocycles. The third-order valence-corrected chi connectivity index (χ3v) is 6.37. The molecule has 1 aliphatic rings. The van der Waals surface area contributed by atoms with Gasteiger partial charge in [-0.25, -0.2) is 4.90 Å². The van der Waals surface area contributed by atoms with Gasteiger partial charge in [0.25, 0.3) is 11.8 Å². The Morgan fingerprint density at radius 3 is 2.10 bits per heavy atom. The van der Waals surface area contributed by atoms with Gasteiger partial charge < -0.3 is 5.32 Å². The summed E-state index contributed by atoms with van der Waals surface area (Å²) < 4.78 is 0. The first-order valence-corrected chi connectivity index (χ1v) is 11.1. The van der Waals surface area contributed by atoms with Crippen molar-refractivity contribution in [1.29, 1.82) is 0 Å². The lowest BCUT2D eigenvalue weighted by molar-refractivity contribution is -0.120. The number of nitrogens with one attached hydrogen (secondary N) is 1. The predicted molar refractivity (Wildman–Crippen MR) is 128 cm³/mol. The van der Waals surface area contributed by atoms with Crippen LogP contribution in [0.3, 0.4) is 0 Å². The molecule has 0 radical (unpaired) electrons. The molecular weight excluding hydrogens is 451 g/mol. The minimum Gasteiger partial charge on any atom is -0.350 e. The molecule has 0 aliphatic carbocycles. The quantitative estimate of drug-likeness (QED) is 0.428. The van der Waals surface area contributed by atoms with Gasteiger partial charge in [0, 0.05) is 20.6 Å². The average molecular weight is 469 g/mol. The summed E-state index contributed by atoms with van der Waals surface area (Å²) in [5.41, 5.74) is 3.31. The molecule has 2 amide bonds. The summed E-state index contributed by atoms with van der Waals surface area (Å²) >= 11 is 13.3. The van der Waals surface area contributed by atoms with E-state index in [9.17, 15) is 9.59 Å². The van der Waals surface area contributed by atoms with Crippen molar-refractivity contribution in [2.75, 3.05) is 10.2 Å². The van der Waals surface area contributed by atoms with Crippen LogP contribution in [0.15, 0.2) is 82.2 Å². The summed E-state index contributed by atoms with van der Waals surface area (Å²) in [6.45, 7) is 3.80. The van der Waals surface area contributed by atoms with E-state index in [1.54, 1.807) is 30.3 Å². The Morgan fingerprint density at radius 2 is 1.45 bits per heavy atom. The van der Waals surface area contributed by atoms with Gasteiger partial charge in [0.2, 0.25) is 0 Å². The zero-order valence-corrected chi connectivity index (χ0v) is 19.1. The molecule has 0 spiro atoms. The largest absolute Gasteiger partial charge is 0.350 e. The normalized spacial score (nSPS) is 13.9. The number of carbonyl (C=O) groups is 2. The number of imide groups is 1. The van der Waals surface area contributed by atoms with E-state index in [-0.39, 0.29) is 11.6 Å². The highest BCUT2D eigenvalue weighted by Crippen LogP contribution is 2.39. The fourth-order valence-corrected chi connectivity index (χ4v) is 4.48. The Labute approximate surface area is 194 Å². The van der Waals surface area contributed by atoms with Crippen molar-refractivity contribution in [3.63, 3.8) is 0 Å². The van der Waals surface area contributed by atoms with Gasteiger partial charge >= 0.3 is 0 Å². The molecule has 0 unspecified atom stereocenters. The maximum Gasteiger partial charge on any atom is 0.283 e. The minimum atomic E-state index is -0.410. The van der Waals surface area contributed by atoms with E-state index in [1.165, 1.54) is 16.7 Å². The van der Waals surface area contributed by atoms with Crippen molar-refractivity contribution in [2.45, 2.75) is 18.7 Å². The topological polar surface area (TPSA) is 49.4 Å². The number of rotatable bonds is 5. The fraction of sp³-hybridized carbons (Fsp3) is 0.0833. The van der Waals surface area contributed by atoms with Crippen LogP contribution in [-0.2, 0) is 9.59 Å². The van der Waals surface area contributed by atoms with Crippen LogP contribution in [0.5, 0.6) is 0 Å². The zero-order chi connectivity index (χ0) is 22.1. The van der Waals surface area contributed by atoms with Crippen molar-refractivity contribution in [2.24, 2.45) is 0 Å². The first-order valence-electron chi connectivity index (χ1n) is 9.50. The van der Waals surface area contributed by atoms with Gasteiger partial charge in [0.05, 0.1) is 5.69 Å². The minimum absolute atomic E-state index is 0.239. The summed E-state index contributed by atoms with van der Waals surface area (Å²) in [6.07, 6.45) is 0. The predicted octanol–water partition coefficient (Wildman–Crippen LogP) is 6.60. The molecular formula is C24H18Cl2N2O2S. The highest BCUT2D eigenvalue weighted by Gasteiger charge is 2.40. The van der Waals surface area contributed by atoms with E-state index in [1.807, 2.05) is 50.2 Å². The van der Waals surface area contributed by atoms with Crippen LogP contribution in [0.4, 0.5) is 11.4 Å². The summed E-state index contributed by atoms with van der Waals surface area (Å²) in [5.74, 6) is -0.794. The smallest absolute Gasteiger partial charge is 0.283 e. The zero-order valence-electron chi connectivity index (χ0n) is 16.8. The molecule has 4 rings (SSSR count). The number of halogens is 2. The number of nitrogens with zero attached hydrogens (tertiary/aromatic N) is 1. The standard InChI is InChI=1S/C24H18Cl2N2O2S/c1-14-3-8-18(9-4-14)27-21-22(31-19-10-5-16(25)6-11-19)24(30)28(23(21)29)20-12-7-17(26)13-15(20)2/h3-13,27H,1-2H3. The third-order valence-electron chi connectivity index (χ3n) is 4.80. The lowest BCUT2D eigenvalue weighted by Gasteiger charge is -2.18. The molecule has 4 nitrogen and oxygen atoms in total. The van der Waals surface area contributed by atoms with Crippen LogP contribution in [0, 0.1) is 13.8 Å². The highest BCUT2D eigenvalue weighted by atomic mass is 35.5. The number of anilines is 2.